The molecule has 112 valence electrons. The van der Waals surface area contributed by atoms with Crippen LogP contribution in [0, 0.1) is 12.7 Å². The molecule has 0 radical (unpaired) electrons. The van der Waals surface area contributed by atoms with Crippen LogP contribution in [0.4, 0.5) is 23.2 Å². The molecule has 0 aliphatic carbocycles. The smallest absolute Gasteiger partial charge is 0.405 e. The van der Waals surface area contributed by atoms with Crippen molar-refractivity contribution in [2.45, 2.75) is 19.8 Å². The predicted molar refractivity (Wildman–Crippen MR) is 71.6 cm³/mol. The molecule has 0 atom stereocenters. The maximum Gasteiger partial charge on any atom is 0.573 e. The van der Waals surface area contributed by atoms with Gasteiger partial charge < -0.3 is 10.1 Å². The van der Waals surface area contributed by atoms with Gasteiger partial charge in [-0.15, -0.1) is 13.2 Å². The van der Waals surface area contributed by atoms with Crippen LogP contribution in [0.3, 0.4) is 0 Å². The lowest BCUT2D eigenvalue weighted by Gasteiger charge is -2.15. The highest BCUT2D eigenvalue weighted by Crippen LogP contribution is 2.27. The van der Waals surface area contributed by atoms with E-state index < -0.39 is 6.36 Å². The molecule has 2 rings (SSSR count). The summed E-state index contributed by atoms with van der Waals surface area (Å²) in [6.07, 6.45) is -4.75. The molecule has 0 aliphatic rings. The zero-order valence-corrected chi connectivity index (χ0v) is 11.2. The first-order chi connectivity index (χ1) is 9.87. The first-order valence-electron chi connectivity index (χ1n) is 6.19. The Kier molecular flexibility index (Phi) is 4.35. The van der Waals surface area contributed by atoms with E-state index in [1.807, 2.05) is 0 Å². The van der Waals surface area contributed by atoms with Gasteiger partial charge in [-0.05, 0) is 25.1 Å². The fraction of sp³-hybridized carbons (Fsp3) is 0.200. The molecule has 0 unspecified atom stereocenters. The first kappa shape index (κ1) is 15.2. The molecule has 0 saturated carbocycles. The Balaban J connectivity index is 2.15. The standard InChI is InChI=1S/C15H13F4NO/c1-10-12(16)6-4-7-13(10)20-9-11-5-2-3-8-14(11)21-15(17,18)19/h2-8,20H,9H2,1H3. The summed E-state index contributed by atoms with van der Waals surface area (Å²) in [5.41, 5.74) is 1.27. The van der Waals surface area contributed by atoms with Gasteiger partial charge in [-0.1, -0.05) is 24.3 Å². The van der Waals surface area contributed by atoms with Gasteiger partial charge in [-0.25, -0.2) is 4.39 Å². The quantitative estimate of drug-likeness (QED) is 0.830. The van der Waals surface area contributed by atoms with E-state index >= 15 is 0 Å². The van der Waals surface area contributed by atoms with Crippen LogP contribution >= 0.6 is 0 Å². The topological polar surface area (TPSA) is 21.3 Å². The molecule has 1 N–H and O–H groups in total. The van der Waals surface area contributed by atoms with Gasteiger partial charge in [-0.2, -0.15) is 0 Å². The third-order valence-corrected chi connectivity index (χ3v) is 2.94. The Bertz CT molecular complexity index is 625. The average molecular weight is 299 g/mol. The van der Waals surface area contributed by atoms with Gasteiger partial charge in [-0.3, -0.25) is 0 Å². The Morgan fingerprint density at radius 3 is 2.48 bits per heavy atom. The van der Waals surface area contributed by atoms with E-state index in [2.05, 4.69) is 10.1 Å². The van der Waals surface area contributed by atoms with Crippen LogP contribution in [0.15, 0.2) is 42.5 Å². The number of ether oxygens (including phenoxy) is 1. The van der Waals surface area contributed by atoms with Crippen molar-refractivity contribution in [3.05, 3.63) is 59.4 Å². The molecule has 2 aromatic rings. The molecular weight excluding hydrogens is 286 g/mol. The van der Waals surface area contributed by atoms with Crippen LogP contribution in [-0.4, -0.2) is 6.36 Å². The van der Waals surface area contributed by atoms with Crippen molar-refractivity contribution in [3.63, 3.8) is 0 Å². The molecule has 0 saturated heterocycles. The highest BCUT2D eigenvalue weighted by atomic mass is 19.4. The Labute approximate surface area is 119 Å². The molecule has 2 nitrogen and oxygen atoms in total. The van der Waals surface area contributed by atoms with E-state index in [0.717, 1.165) is 0 Å². The molecule has 0 bridgehead atoms. The monoisotopic (exact) mass is 299 g/mol. The predicted octanol–water partition coefficient (Wildman–Crippen LogP) is 4.64. The van der Waals surface area contributed by atoms with Crippen molar-refractivity contribution in [1.82, 2.24) is 0 Å². The molecule has 21 heavy (non-hydrogen) atoms. The van der Waals surface area contributed by atoms with Gasteiger partial charge >= 0.3 is 6.36 Å². The van der Waals surface area contributed by atoms with E-state index in [9.17, 15) is 17.6 Å². The Morgan fingerprint density at radius 2 is 1.76 bits per heavy atom. The molecule has 0 aromatic heterocycles. The summed E-state index contributed by atoms with van der Waals surface area (Å²) < 4.78 is 54.3. The molecule has 0 heterocycles. The lowest BCUT2D eigenvalue weighted by molar-refractivity contribution is -0.274. The summed E-state index contributed by atoms with van der Waals surface area (Å²) in [4.78, 5) is 0. The van der Waals surface area contributed by atoms with Crippen molar-refractivity contribution in [1.29, 1.82) is 0 Å². The van der Waals surface area contributed by atoms with Crippen molar-refractivity contribution < 1.29 is 22.3 Å². The highest BCUT2D eigenvalue weighted by molar-refractivity contribution is 5.52. The number of para-hydroxylation sites is 1. The molecule has 0 spiro atoms. The number of alkyl halides is 3. The average Bonchev–Trinajstić information content (AvgIpc) is 2.40. The summed E-state index contributed by atoms with van der Waals surface area (Å²) >= 11 is 0. The van der Waals surface area contributed by atoms with Crippen LogP contribution < -0.4 is 10.1 Å². The number of benzene rings is 2. The Hall–Kier alpha value is -2.24. The fourth-order valence-corrected chi connectivity index (χ4v) is 1.86. The van der Waals surface area contributed by atoms with Gasteiger partial charge in [0.2, 0.25) is 0 Å². The van der Waals surface area contributed by atoms with Crippen molar-refractivity contribution in [2.24, 2.45) is 0 Å². The van der Waals surface area contributed by atoms with Gasteiger partial charge in [0.25, 0.3) is 0 Å². The lowest BCUT2D eigenvalue weighted by Crippen LogP contribution is -2.18. The molecular formula is C15H13F4NO. The minimum absolute atomic E-state index is 0.0938. The normalized spacial score (nSPS) is 11.3. The van der Waals surface area contributed by atoms with Crippen molar-refractivity contribution >= 4 is 5.69 Å². The first-order valence-corrected chi connectivity index (χ1v) is 6.19. The second-order valence-electron chi connectivity index (χ2n) is 4.42. The van der Waals surface area contributed by atoms with Gasteiger partial charge in [0.1, 0.15) is 11.6 Å². The highest BCUT2D eigenvalue weighted by Gasteiger charge is 2.31. The van der Waals surface area contributed by atoms with E-state index in [1.54, 1.807) is 19.1 Å². The summed E-state index contributed by atoms with van der Waals surface area (Å²) in [6, 6.07) is 10.3. The minimum atomic E-state index is -4.75. The molecule has 0 aliphatic heterocycles. The van der Waals surface area contributed by atoms with E-state index in [1.165, 1.54) is 30.3 Å². The summed E-state index contributed by atoms with van der Waals surface area (Å²) in [7, 11) is 0. The maximum absolute atomic E-state index is 13.4. The molecule has 6 heteroatoms. The number of rotatable bonds is 4. The van der Waals surface area contributed by atoms with Crippen molar-refractivity contribution in [3.8, 4) is 5.75 Å². The number of hydrogen-bond acceptors (Lipinski definition) is 2. The number of halogens is 4. The zero-order chi connectivity index (χ0) is 15.5. The van der Waals surface area contributed by atoms with Crippen LogP contribution in [0.5, 0.6) is 5.75 Å². The van der Waals surface area contributed by atoms with Gasteiger partial charge in [0, 0.05) is 23.4 Å². The summed E-state index contributed by atoms with van der Waals surface area (Å²) in [5, 5.41) is 2.91. The fourth-order valence-electron chi connectivity index (χ4n) is 1.86. The SMILES string of the molecule is Cc1c(F)cccc1NCc1ccccc1OC(F)(F)F. The van der Waals surface area contributed by atoms with Crippen LogP contribution in [-0.2, 0) is 6.54 Å². The zero-order valence-electron chi connectivity index (χ0n) is 11.2. The molecule has 2 aromatic carbocycles. The van der Waals surface area contributed by atoms with E-state index in [-0.39, 0.29) is 18.1 Å². The number of nitrogens with one attached hydrogen (secondary N) is 1. The maximum atomic E-state index is 13.4. The third kappa shape index (κ3) is 4.11. The van der Waals surface area contributed by atoms with E-state index in [4.69, 9.17) is 0 Å². The largest absolute Gasteiger partial charge is 0.573 e. The number of hydrogen-bond donors (Lipinski definition) is 1. The lowest BCUT2D eigenvalue weighted by atomic mass is 10.1. The van der Waals surface area contributed by atoms with E-state index in [0.29, 0.717) is 16.8 Å². The second kappa shape index (κ2) is 6.03. The summed E-state index contributed by atoms with van der Waals surface area (Å²) in [6.45, 7) is 1.69. The number of anilines is 1. The molecule has 0 fully saturated rings. The third-order valence-electron chi connectivity index (χ3n) is 2.94. The van der Waals surface area contributed by atoms with Crippen molar-refractivity contribution in [2.75, 3.05) is 5.32 Å². The Morgan fingerprint density at radius 1 is 1.05 bits per heavy atom. The van der Waals surface area contributed by atoms with Gasteiger partial charge in [0.05, 0.1) is 0 Å². The minimum Gasteiger partial charge on any atom is -0.405 e. The molecule has 0 amide bonds. The second-order valence-corrected chi connectivity index (χ2v) is 4.42. The van der Waals surface area contributed by atoms with Crippen LogP contribution in [0.2, 0.25) is 0 Å². The van der Waals surface area contributed by atoms with Crippen LogP contribution in [0.1, 0.15) is 11.1 Å². The van der Waals surface area contributed by atoms with Crippen LogP contribution in [0.25, 0.3) is 0 Å². The summed E-state index contributed by atoms with van der Waals surface area (Å²) in [5.74, 6) is -0.647. The van der Waals surface area contributed by atoms with Gasteiger partial charge in [0.15, 0.2) is 0 Å².